The summed E-state index contributed by atoms with van der Waals surface area (Å²) in [5.41, 5.74) is 0. The third kappa shape index (κ3) is 3.77. The Morgan fingerprint density at radius 3 is 2.83 bits per heavy atom. The van der Waals surface area contributed by atoms with E-state index in [4.69, 9.17) is 0 Å². The van der Waals surface area contributed by atoms with E-state index >= 15 is 0 Å². The van der Waals surface area contributed by atoms with Gasteiger partial charge in [0.1, 0.15) is 0 Å². The quantitative estimate of drug-likeness (QED) is 0.386. The fourth-order valence-electron chi connectivity index (χ4n) is 0.115. The van der Waals surface area contributed by atoms with Crippen LogP contribution in [0.3, 0.4) is 0 Å². The van der Waals surface area contributed by atoms with Gasteiger partial charge < -0.3 is 0 Å². The van der Waals surface area contributed by atoms with Gasteiger partial charge in [-0.1, -0.05) is 6.92 Å². The highest BCUT2D eigenvalue weighted by atomic mass is 31.1. The second-order valence-corrected chi connectivity index (χ2v) is 1.18. The highest BCUT2D eigenvalue weighted by Crippen LogP contribution is 1.88. The van der Waals surface area contributed by atoms with Crippen molar-refractivity contribution in [2.45, 2.75) is 13.3 Å². The van der Waals surface area contributed by atoms with Crippen molar-refractivity contribution in [2.75, 3.05) is 0 Å². The minimum atomic E-state index is -0.135. The molecular formula is C3H6NOP. The topological polar surface area (TPSA) is 29.4 Å². The maximum atomic E-state index is 9.46. The molecule has 0 unspecified atom stereocenters. The van der Waals surface area contributed by atoms with E-state index in [1.165, 1.54) is 0 Å². The molecule has 0 fully saturated rings. The molecule has 6 heavy (non-hydrogen) atoms. The van der Waals surface area contributed by atoms with Gasteiger partial charge in [0.05, 0.1) is 0 Å². The third-order valence-corrected chi connectivity index (χ3v) is 0.569. The summed E-state index contributed by atoms with van der Waals surface area (Å²) in [4.78, 5) is 0. The van der Waals surface area contributed by atoms with Gasteiger partial charge in [0.25, 0.3) is 0 Å². The molecule has 0 heterocycles. The number of rotatable bonds is 2. The van der Waals surface area contributed by atoms with E-state index in [0.29, 0.717) is 0 Å². The zero-order valence-corrected chi connectivity index (χ0v) is 4.48. The third-order valence-electron chi connectivity index (χ3n) is 0.311. The van der Waals surface area contributed by atoms with Crippen LogP contribution in [0, 0.1) is 0 Å². The van der Waals surface area contributed by atoms with Crippen molar-refractivity contribution in [3.63, 3.8) is 0 Å². The molecule has 34 valence electrons. The molecular weight excluding hydrogens is 97.0 g/mol. The zero-order chi connectivity index (χ0) is 4.83. The minimum Gasteiger partial charge on any atom is -0.247 e. The zero-order valence-electron chi connectivity index (χ0n) is 3.59. The molecule has 0 atom stereocenters. The standard InChI is InChI=1S/C3H6NOP/c1-2-3-4-6-5/h3H,2H2,1H3. The van der Waals surface area contributed by atoms with Gasteiger partial charge in [0.15, 0.2) is 0 Å². The average molecular weight is 103 g/mol. The normalized spacial score (nSPS) is 10.8. The summed E-state index contributed by atoms with van der Waals surface area (Å²) in [6.45, 7) is 1.94. The van der Waals surface area contributed by atoms with Gasteiger partial charge >= 0.3 is 8.61 Å². The van der Waals surface area contributed by atoms with E-state index in [2.05, 4.69) is 4.76 Å². The fourth-order valence-corrected chi connectivity index (χ4v) is 0.345. The first-order chi connectivity index (χ1) is 2.91. The van der Waals surface area contributed by atoms with E-state index in [1.807, 2.05) is 6.92 Å². The van der Waals surface area contributed by atoms with Gasteiger partial charge in [-0.25, -0.2) is 9.33 Å². The Balaban J connectivity index is 2.94. The Bertz CT molecular complexity index is 61.8. The lowest BCUT2D eigenvalue weighted by atomic mass is 10.6. The van der Waals surface area contributed by atoms with Crippen molar-refractivity contribution < 1.29 is 4.57 Å². The van der Waals surface area contributed by atoms with Crippen LogP contribution in [0.25, 0.3) is 0 Å². The molecule has 0 N–H and O–H groups in total. The lowest BCUT2D eigenvalue weighted by Crippen LogP contribution is -1.56. The van der Waals surface area contributed by atoms with Crippen LogP contribution in [0.1, 0.15) is 13.3 Å². The van der Waals surface area contributed by atoms with E-state index in [9.17, 15) is 4.57 Å². The second kappa shape index (κ2) is 4.77. The molecule has 2 nitrogen and oxygen atoms in total. The van der Waals surface area contributed by atoms with Gasteiger partial charge in [0.2, 0.25) is 0 Å². The first kappa shape index (κ1) is 5.77. The Labute approximate surface area is 38.5 Å². The number of hydrogen-bond acceptors (Lipinski definition) is 1. The van der Waals surface area contributed by atoms with Gasteiger partial charge in [-0.05, 0) is 6.42 Å². The van der Waals surface area contributed by atoms with Crippen LogP contribution < -0.4 is 0 Å². The molecule has 0 aliphatic rings. The van der Waals surface area contributed by atoms with E-state index in [1.54, 1.807) is 6.21 Å². The monoisotopic (exact) mass is 103 g/mol. The molecule has 0 aromatic rings. The molecule has 0 aliphatic heterocycles. The largest absolute Gasteiger partial charge is 0.302 e. The SMILES string of the molecule is CCC=NP=O. The van der Waals surface area contributed by atoms with Crippen molar-refractivity contribution in [3.05, 3.63) is 0 Å². The molecule has 0 aliphatic carbocycles. The predicted molar refractivity (Wildman–Crippen MR) is 26.4 cm³/mol. The van der Waals surface area contributed by atoms with E-state index in [-0.39, 0.29) is 8.61 Å². The van der Waals surface area contributed by atoms with E-state index < -0.39 is 0 Å². The molecule has 0 aromatic carbocycles. The molecule has 0 spiro atoms. The van der Waals surface area contributed by atoms with Crippen LogP contribution in [0.2, 0.25) is 0 Å². The molecule has 3 heteroatoms. The first-order valence-electron chi connectivity index (χ1n) is 1.76. The minimum absolute atomic E-state index is 0.135. The number of hydrogen-bond donors (Lipinski definition) is 0. The first-order valence-corrected chi connectivity index (χ1v) is 2.52. The maximum absolute atomic E-state index is 9.46. The molecule has 0 saturated carbocycles. The van der Waals surface area contributed by atoms with Gasteiger partial charge in [-0.3, -0.25) is 0 Å². The Morgan fingerprint density at radius 2 is 2.67 bits per heavy atom. The maximum Gasteiger partial charge on any atom is 0.302 e. The molecule has 0 saturated heterocycles. The van der Waals surface area contributed by atoms with Crippen LogP contribution in [-0.4, -0.2) is 6.21 Å². The predicted octanol–water partition coefficient (Wildman–Crippen LogP) is 1.67. The highest BCUT2D eigenvalue weighted by molar-refractivity contribution is 7.22. The Hall–Kier alpha value is -0.230. The summed E-state index contributed by atoms with van der Waals surface area (Å²) >= 11 is 0. The van der Waals surface area contributed by atoms with Crippen molar-refractivity contribution in [3.8, 4) is 0 Å². The average Bonchev–Trinajstić information content (AvgIpc) is 1.61. The summed E-state index contributed by atoms with van der Waals surface area (Å²) in [6, 6.07) is 0. The molecule has 0 amide bonds. The molecule has 0 rings (SSSR count). The summed E-state index contributed by atoms with van der Waals surface area (Å²) in [5, 5.41) is 0. The van der Waals surface area contributed by atoms with Crippen LogP contribution in [0.15, 0.2) is 4.76 Å². The molecule has 0 bridgehead atoms. The lowest BCUT2D eigenvalue weighted by Gasteiger charge is -1.63. The molecule has 0 aromatic heterocycles. The lowest BCUT2D eigenvalue weighted by molar-refractivity contribution is 0.599. The fraction of sp³-hybridized carbons (Fsp3) is 0.667. The van der Waals surface area contributed by atoms with Gasteiger partial charge in [-0.2, -0.15) is 0 Å². The summed E-state index contributed by atoms with van der Waals surface area (Å²) < 4.78 is 12.8. The smallest absolute Gasteiger partial charge is 0.247 e. The van der Waals surface area contributed by atoms with Gasteiger partial charge in [-0.15, -0.1) is 0 Å². The van der Waals surface area contributed by atoms with E-state index in [0.717, 1.165) is 6.42 Å². The van der Waals surface area contributed by atoms with Crippen molar-refractivity contribution in [2.24, 2.45) is 4.76 Å². The van der Waals surface area contributed by atoms with Crippen LogP contribution in [0.4, 0.5) is 0 Å². The van der Waals surface area contributed by atoms with Crippen molar-refractivity contribution in [1.82, 2.24) is 0 Å². The second-order valence-electron chi connectivity index (χ2n) is 0.788. The summed E-state index contributed by atoms with van der Waals surface area (Å²) in [5.74, 6) is 0. The summed E-state index contributed by atoms with van der Waals surface area (Å²) in [6.07, 6.45) is 2.46. The van der Waals surface area contributed by atoms with Crippen LogP contribution in [-0.2, 0) is 4.57 Å². The highest BCUT2D eigenvalue weighted by Gasteiger charge is 1.60. The van der Waals surface area contributed by atoms with Gasteiger partial charge in [0, 0.05) is 6.21 Å². The Kier molecular flexibility index (Phi) is 4.59. The number of nitrogens with zero attached hydrogens (tertiary/aromatic N) is 1. The summed E-state index contributed by atoms with van der Waals surface area (Å²) in [7, 11) is -0.135. The van der Waals surface area contributed by atoms with Crippen LogP contribution >= 0.6 is 8.61 Å². The Morgan fingerprint density at radius 1 is 2.00 bits per heavy atom. The van der Waals surface area contributed by atoms with Crippen LogP contribution in [0.5, 0.6) is 0 Å². The molecule has 0 radical (unpaired) electrons. The van der Waals surface area contributed by atoms with Crippen molar-refractivity contribution >= 4 is 14.8 Å². The van der Waals surface area contributed by atoms with Crippen molar-refractivity contribution in [1.29, 1.82) is 0 Å².